The number of carbonyl (C=O) groups excluding carboxylic acids is 1. The van der Waals surface area contributed by atoms with Crippen LogP contribution in [0.4, 0.5) is 8.78 Å². The lowest BCUT2D eigenvalue weighted by Gasteiger charge is -2.29. The Labute approximate surface area is 194 Å². The van der Waals surface area contributed by atoms with Crippen LogP contribution >= 0.6 is 0 Å². The molecular formula is C26H19F2N5O. The van der Waals surface area contributed by atoms with Crippen LogP contribution in [0.25, 0.3) is 22.8 Å². The third-order valence-electron chi connectivity index (χ3n) is 5.86. The largest absolute Gasteiger partial charge is 0.336 e. The second kappa shape index (κ2) is 8.87. The highest BCUT2D eigenvalue weighted by Crippen LogP contribution is 2.25. The molecule has 4 aromatic rings. The normalized spacial score (nSPS) is 12.8. The fourth-order valence-corrected chi connectivity index (χ4v) is 4.05. The van der Waals surface area contributed by atoms with Gasteiger partial charge in [0, 0.05) is 24.2 Å². The van der Waals surface area contributed by atoms with Gasteiger partial charge < -0.3 is 4.90 Å². The van der Waals surface area contributed by atoms with E-state index in [2.05, 4.69) is 16.2 Å². The van der Waals surface area contributed by atoms with Crippen molar-refractivity contribution in [2.45, 2.75) is 19.5 Å². The van der Waals surface area contributed by atoms with E-state index in [4.69, 9.17) is 5.26 Å². The summed E-state index contributed by atoms with van der Waals surface area (Å²) in [5, 5.41) is 13.6. The van der Waals surface area contributed by atoms with Gasteiger partial charge in [0.2, 0.25) is 5.91 Å². The van der Waals surface area contributed by atoms with Crippen LogP contribution in [0.5, 0.6) is 0 Å². The summed E-state index contributed by atoms with van der Waals surface area (Å²) in [6, 6.07) is 19.3. The Kier molecular flexibility index (Phi) is 5.60. The number of hydrogen-bond acceptors (Lipinski definition) is 4. The van der Waals surface area contributed by atoms with Crippen molar-refractivity contribution in [1.29, 1.82) is 5.26 Å². The van der Waals surface area contributed by atoms with Crippen LogP contribution in [0, 0.1) is 23.0 Å². The Morgan fingerprint density at radius 2 is 1.62 bits per heavy atom. The lowest BCUT2D eigenvalue weighted by Crippen LogP contribution is -2.38. The first-order valence-corrected chi connectivity index (χ1v) is 10.8. The second-order valence-corrected chi connectivity index (χ2v) is 8.09. The van der Waals surface area contributed by atoms with Crippen molar-refractivity contribution in [1.82, 2.24) is 19.7 Å². The maximum absolute atomic E-state index is 13.5. The van der Waals surface area contributed by atoms with Crippen LogP contribution in [0.2, 0.25) is 0 Å². The number of nitriles is 1. The average Bonchev–Trinajstić information content (AvgIpc) is 3.27. The molecule has 0 unspecified atom stereocenters. The zero-order valence-electron chi connectivity index (χ0n) is 18.1. The molecule has 5 rings (SSSR count). The molecule has 0 spiro atoms. The molecule has 168 valence electrons. The third-order valence-corrected chi connectivity index (χ3v) is 5.86. The van der Waals surface area contributed by atoms with E-state index in [0.717, 1.165) is 11.1 Å². The number of halogens is 2. The van der Waals surface area contributed by atoms with Gasteiger partial charge in [-0.1, -0.05) is 6.07 Å². The lowest BCUT2D eigenvalue weighted by molar-refractivity contribution is -0.132. The molecule has 1 aliphatic heterocycles. The summed E-state index contributed by atoms with van der Waals surface area (Å²) in [6.45, 7) is 0.934. The smallest absolute Gasteiger partial charge is 0.244 e. The second-order valence-electron chi connectivity index (χ2n) is 8.09. The van der Waals surface area contributed by atoms with Crippen molar-refractivity contribution in [2.24, 2.45) is 0 Å². The summed E-state index contributed by atoms with van der Waals surface area (Å²) in [5.41, 5.74) is 3.93. The monoisotopic (exact) mass is 455 g/mol. The summed E-state index contributed by atoms with van der Waals surface area (Å²) in [6.07, 6.45) is 0.666. The van der Waals surface area contributed by atoms with Gasteiger partial charge in [-0.05, 0) is 78.2 Å². The van der Waals surface area contributed by atoms with Crippen LogP contribution in [0.1, 0.15) is 16.7 Å². The highest BCUT2D eigenvalue weighted by Gasteiger charge is 2.23. The first-order valence-electron chi connectivity index (χ1n) is 10.8. The highest BCUT2D eigenvalue weighted by atomic mass is 19.1. The summed E-state index contributed by atoms with van der Waals surface area (Å²) < 4.78 is 28.3. The molecule has 2 heterocycles. The van der Waals surface area contributed by atoms with E-state index in [-0.39, 0.29) is 24.1 Å². The number of benzene rings is 3. The minimum atomic E-state index is -0.379. The van der Waals surface area contributed by atoms with Gasteiger partial charge in [-0.25, -0.2) is 18.4 Å². The van der Waals surface area contributed by atoms with Gasteiger partial charge in [0.15, 0.2) is 11.6 Å². The number of nitrogens with zero attached hydrogens (tertiary/aromatic N) is 5. The summed E-state index contributed by atoms with van der Waals surface area (Å²) in [7, 11) is 0. The Morgan fingerprint density at radius 3 is 2.29 bits per heavy atom. The van der Waals surface area contributed by atoms with Gasteiger partial charge in [-0.2, -0.15) is 5.26 Å². The number of rotatable bonds is 4. The molecule has 0 atom stereocenters. The van der Waals surface area contributed by atoms with Crippen LogP contribution in [0.3, 0.4) is 0 Å². The highest BCUT2D eigenvalue weighted by molar-refractivity contribution is 5.77. The Bertz CT molecular complexity index is 1400. The van der Waals surface area contributed by atoms with Crippen molar-refractivity contribution in [3.8, 4) is 28.8 Å². The maximum atomic E-state index is 13.5. The van der Waals surface area contributed by atoms with Crippen molar-refractivity contribution < 1.29 is 13.6 Å². The molecule has 0 saturated carbocycles. The summed E-state index contributed by atoms with van der Waals surface area (Å²) in [4.78, 5) is 19.5. The van der Waals surface area contributed by atoms with E-state index in [1.807, 2.05) is 12.1 Å². The molecule has 8 heteroatoms. The predicted molar refractivity (Wildman–Crippen MR) is 121 cm³/mol. The number of amides is 1. The molecule has 0 saturated heterocycles. The number of aromatic nitrogens is 3. The fraction of sp³-hybridized carbons (Fsp3) is 0.154. The van der Waals surface area contributed by atoms with Crippen LogP contribution in [-0.2, 0) is 24.3 Å². The first kappa shape index (κ1) is 21.5. The number of fused-ring (bicyclic) bond motifs is 1. The SMILES string of the molecule is N#Cc1ccc2c(c1)CCN(C(=O)Cn1nc(-c3ccc(F)cc3)nc1-c1ccc(F)cc1)C2. The molecule has 6 nitrogen and oxygen atoms in total. The Balaban J connectivity index is 1.43. The van der Waals surface area contributed by atoms with E-state index in [1.165, 1.54) is 28.9 Å². The van der Waals surface area contributed by atoms with Crippen molar-refractivity contribution in [3.63, 3.8) is 0 Å². The number of carbonyl (C=O) groups is 1. The van der Waals surface area contributed by atoms with Gasteiger partial charge in [0.1, 0.15) is 18.2 Å². The zero-order valence-corrected chi connectivity index (χ0v) is 18.1. The summed E-state index contributed by atoms with van der Waals surface area (Å²) >= 11 is 0. The first-order chi connectivity index (χ1) is 16.5. The fourth-order valence-electron chi connectivity index (χ4n) is 4.05. The predicted octanol–water partition coefficient (Wildman–Crippen LogP) is 4.35. The molecule has 0 N–H and O–H groups in total. The molecule has 0 radical (unpaired) electrons. The van der Waals surface area contributed by atoms with E-state index >= 15 is 0 Å². The zero-order chi connectivity index (χ0) is 23.7. The standard InChI is InChI=1S/C26H19F2N5O/c27-22-7-3-18(4-8-22)25-30-26(19-5-9-23(28)10-6-19)33(31-25)16-24(34)32-12-11-20-13-17(14-29)1-2-21(20)15-32/h1-10,13H,11-12,15-16H2. The topological polar surface area (TPSA) is 74.8 Å². The number of hydrogen-bond donors (Lipinski definition) is 0. The molecule has 3 aromatic carbocycles. The quantitative estimate of drug-likeness (QED) is 0.459. The van der Waals surface area contributed by atoms with Gasteiger partial charge in [0.05, 0.1) is 11.6 Å². The van der Waals surface area contributed by atoms with Crippen LogP contribution in [0.15, 0.2) is 66.7 Å². The molecule has 34 heavy (non-hydrogen) atoms. The average molecular weight is 455 g/mol. The maximum Gasteiger partial charge on any atom is 0.244 e. The van der Waals surface area contributed by atoms with Crippen molar-refractivity contribution in [2.75, 3.05) is 6.54 Å². The van der Waals surface area contributed by atoms with Gasteiger partial charge in [-0.15, -0.1) is 5.10 Å². The van der Waals surface area contributed by atoms with E-state index in [0.29, 0.717) is 47.8 Å². The van der Waals surface area contributed by atoms with E-state index in [1.54, 1.807) is 35.2 Å². The lowest BCUT2D eigenvalue weighted by atomic mass is 9.97. The van der Waals surface area contributed by atoms with Gasteiger partial charge >= 0.3 is 0 Å². The van der Waals surface area contributed by atoms with Crippen molar-refractivity contribution >= 4 is 5.91 Å². The summed E-state index contributed by atoms with van der Waals surface area (Å²) in [5.74, 6) is -0.113. The molecular weight excluding hydrogens is 436 g/mol. The van der Waals surface area contributed by atoms with E-state index < -0.39 is 0 Å². The minimum absolute atomic E-state index is 0.0491. The van der Waals surface area contributed by atoms with Gasteiger partial charge in [-0.3, -0.25) is 4.79 Å². The third kappa shape index (κ3) is 4.28. The van der Waals surface area contributed by atoms with Gasteiger partial charge in [0.25, 0.3) is 0 Å². The minimum Gasteiger partial charge on any atom is -0.336 e. The Morgan fingerprint density at radius 1 is 0.941 bits per heavy atom. The molecule has 1 amide bonds. The molecule has 0 fully saturated rings. The molecule has 0 aliphatic carbocycles. The van der Waals surface area contributed by atoms with Crippen molar-refractivity contribution in [3.05, 3.63) is 95.1 Å². The van der Waals surface area contributed by atoms with Crippen LogP contribution in [-0.4, -0.2) is 32.1 Å². The van der Waals surface area contributed by atoms with Crippen LogP contribution < -0.4 is 0 Å². The molecule has 1 aromatic heterocycles. The molecule has 1 aliphatic rings. The molecule has 0 bridgehead atoms. The van der Waals surface area contributed by atoms with E-state index in [9.17, 15) is 13.6 Å². The Hall–Kier alpha value is -4.38.